The molecule has 0 aliphatic carbocycles. The molecule has 0 saturated carbocycles. The lowest BCUT2D eigenvalue weighted by Gasteiger charge is -2.17. The Morgan fingerprint density at radius 2 is 1.12 bits per heavy atom. The van der Waals surface area contributed by atoms with Crippen molar-refractivity contribution in [1.29, 1.82) is 0 Å². The first-order valence-electron chi connectivity index (χ1n) is 8.59. The maximum absolute atomic E-state index is 13.5. The van der Waals surface area contributed by atoms with Crippen LogP contribution >= 0.6 is 0 Å². The van der Waals surface area contributed by atoms with Crippen LogP contribution in [0.5, 0.6) is 0 Å². The molecule has 2 heteroatoms. The fourth-order valence-electron chi connectivity index (χ4n) is 3.54. The molecular formula is C23H19NO. The predicted octanol–water partition coefficient (Wildman–Crippen LogP) is 5.37. The van der Waals surface area contributed by atoms with Crippen LogP contribution in [-0.2, 0) is 6.42 Å². The van der Waals surface area contributed by atoms with E-state index in [1.807, 2.05) is 78.9 Å². The lowest BCUT2D eigenvalue weighted by molar-refractivity contribution is -0.580. The summed E-state index contributed by atoms with van der Waals surface area (Å²) >= 11 is 0. The summed E-state index contributed by atoms with van der Waals surface area (Å²) in [5, 5.41) is 15.6. The molecular weight excluding hydrogens is 306 g/mol. The van der Waals surface area contributed by atoms with E-state index in [4.69, 9.17) is 0 Å². The monoisotopic (exact) mass is 325 g/mol. The molecule has 0 spiro atoms. The van der Waals surface area contributed by atoms with Crippen LogP contribution in [0, 0.1) is 5.21 Å². The van der Waals surface area contributed by atoms with E-state index in [2.05, 4.69) is 13.0 Å². The highest BCUT2D eigenvalue weighted by atomic mass is 16.5. The van der Waals surface area contributed by atoms with Crippen LogP contribution in [0.4, 0.5) is 0 Å². The molecule has 0 bridgehead atoms. The second kappa shape index (κ2) is 6.40. The van der Waals surface area contributed by atoms with E-state index in [1.54, 1.807) is 0 Å². The van der Waals surface area contributed by atoms with Gasteiger partial charge in [0, 0.05) is 16.7 Å². The molecule has 0 N–H and O–H groups in total. The zero-order chi connectivity index (χ0) is 17.2. The molecule has 1 heterocycles. The number of rotatable bonds is 3. The lowest BCUT2D eigenvalue weighted by Crippen LogP contribution is -2.34. The van der Waals surface area contributed by atoms with Crippen LogP contribution in [0.15, 0.2) is 84.9 Å². The molecule has 0 unspecified atom stereocenters. The van der Waals surface area contributed by atoms with Crippen molar-refractivity contribution >= 4 is 10.8 Å². The second-order valence-corrected chi connectivity index (χ2v) is 6.10. The van der Waals surface area contributed by atoms with Gasteiger partial charge in [-0.25, -0.2) is 0 Å². The number of nitrogens with zero attached hydrogens (tertiary/aromatic N) is 1. The van der Waals surface area contributed by atoms with Gasteiger partial charge in [0.2, 0.25) is 11.4 Å². The lowest BCUT2D eigenvalue weighted by atomic mass is 9.94. The van der Waals surface area contributed by atoms with Gasteiger partial charge in [0.1, 0.15) is 0 Å². The van der Waals surface area contributed by atoms with E-state index < -0.39 is 0 Å². The SMILES string of the molecule is CCc1c(-c2ccccc2)[n+]([O-])c(-c2ccccc2)c2ccccc12. The number of hydrogen-bond acceptors (Lipinski definition) is 1. The maximum atomic E-state index is 13.5. The Kier molecular flexibility index (Phi) is 3.95. The summed E-state index contributed by atoms with van der Waals surface area (Å²) in [6.45, 7) is 2.11. The molecule has 4 aromatic rings. The summed E-state index contributed by atoms with van der Waals surface area (Å²) in [7, 11) is 0. The van der Waals surface area contributed by atoms with Crippen LogP contribution < -0.4 is 4.73 Å². The molecule has 1 aromatic heterocycles. The van der Waals surface area contributed by atoms with E-state index in [0.717, 1.165) is 44.3 Å². The number of pyridine rings is 1. The summed E-state index contributed by atoms with van der Waals surface area (Å²) in [6, 6.07) is 28.1. The maximum Gasteiger partial charge on any atom is 0.232 e. The van der Waals surface area contributed by atoms with E-state index in [9.17, 15) is 5.21 Å². The van der Waals surface area contributed by atoms with Crippen molar-refractivity contribution < 1.29 is 4.73 Å². The van der Waals surface area contributed by atoms with Crippen LogP contribution in [0.2, 0.25) is 0 Å². The van der Waals surface area contributed by atoms with Crippen molar-refractivity contribution in [3.8, 4) is 22.5 Å². The minimum absolute atomic E-state index is 0.715. The molecule has 0 aliphatic heterocycles. The highest BCUT2D eigenvalue weighted by Crippen LogP contribution is 2.33. The van der Waals surface area contributed by atoms with Crippen LogP contribution in [0.1, 0.15) is 12.5 Å². The molecule has 122 valence electrons. The van der Waals surface area contributed by atoms with Crippen molar-refractivity contribution in [3.63, 3.8) is 0 Å². The molecule has 25 heavy (non-hydrogen) atoms. The number of aryl methyl sites for hydroxylation is 1. The fourth-order valence-corrected chi connectivity index (χ4v) is 3.54. The molecule has 0 atom stereocenters. The van der Waals surface area contributed by atoms with Gasteiger partial charge in [-0.3, -0.25) is 0 Å². The Bertz CT molecular complexity index is 1020. The van der Waals surface area contributed by atoms with Gasteiger partial charge in [0.25, 0.3) is 0 Å². The standard InChI is InChI=1S/C23H19NO/c1-2-19-20-15-9-10-16-21(20)23(18-13-7-4-8-14-18)24(25)22(19)17-11-5-3-6-12-17/h3-16H,2H2,1H3. The van der Waals surface area contributed by atoms with Crippen LogP contribution in [-0.4, -0.2) is 0 Å². The van der Waals surface area contributed by atoms with Crippen molar-refractivity contribution in [2.45, 2.75) is 13.3 Å². The second-order valence-electron chi connectivity index (χ2n) is 6.10. The van der Waals surface area contributed by atoms with E-state index in [1.165, 1.54) is 0 Å². The van der Waals surface area contributed by atoms with E-state index in [0.29, 0.717) is 5.69 Å². The normalized spacial score (nSPS) is 10.9. The fraction of sp³-hybridized carbons (Fsp3) is 0.0870. The van der Waals surface area contributed by atoms with Crippen molar-refractivity contribution in [2.24, 2.45) is 0 Å². The summed E-state index contributed by atoms with van der Waals surface area (Å²) in [4.78, 5) is 0. The Balaban J connectivity index is 2.17. The molecule has 4 rings (SSSR count). The topological polar surface area (TPSA) is 26.9 Å². The first kappa shape index (κ1) is 15.4. The summed E-state index contributed by atoms with van der Waals surface area (Å²) in [5.74, 6) is 0. The highest BCUT2D eigenvalue weighted by Gasteiger charge is 2.24. The van der Waals surface area contributed by atoms with Gasteiger partial charge in [-0.15, -0.1) is 0 Å². The third kappa shape index (κ3) is 2.56. The van der Waals surface area contributed by atoms with Gasteiger partial charge in [0.15, 0.2) is 0 Å². The molecule has 0 fully saturated rings. The van der Waals surface area contributed by atoms with Gasteiger partial charge >= 0.3 is 0 Å². The summed E-state index contributed by atoms with van der Waals surface area (Å²) < 4.78 is 1.12. The molecule has 0 saturated heterocycles. The quantitative estimate of drug-likeness (QED) is 0.367. The third-order valence-corrected chi connectivity index (χ3v) is 4.65. The first-order valence-corrected chi connectivity index (χ1v) is 8.59. The number of hydrogen-bond donors (Lipinski definition) is 0. The minimum Gasteiger partial charge on any atom is -0.618 e. The largest absolute Gasteiger partial charge is 0.618 e. The Hall–Kier alpha value is -3.13. The van der Waals surface area contributed by atoms with Gasteiger partial charge < -0.3 is 5.21 Å². The smallest absolute Gasteiger partial charge is 0.232 e. The van der Waals surface area contributed by atoms with Gasteiger partial charge in [-0.1, -0.05) is 61.5 Å². The summed E-state index contributed by atoms with van der Waals surface area (Å²) in [6.07, 6.45) is 0.808. The van der Waals surface area contributed by atoms with E-state index >= 15 is 0 Å². The predicted molar refractivity (Wildman–Crippen MR) is 103 cm³/mol. The Labute approximate surface area is 147 Å². The average Bonchev–Trinajstić information content (AvgIpc) is 2.68. The van der Waals surface area contributed by atoms with Crippen molar-refractivity contribution in [2.75, 3.05) is 0 Å². The van der Waals surface area contributed by atoms with Crippen LogP contribution in [0.25, 0.3) is 33.3 Å². The first-order chi connectivity index (χ1) is 12.3. The molecule has 2 nitrogen and oxygen atoms in total. The molecule has 0 aliphatic rings. The highest BCUT2D eigenvalue weighted by molar-refractivity contribution is 5.97. The number of aromatic nitrogens is 1. The van der Waals surface area contributed by atoms with E-state index in [-0.39, 0.29) is 0 Å². The number of benzene rings is 3. The van der Waals surface area contributed by atoms with Crippen molar-refractivity contribution in [1.82, 2.24) is 0 Å². The Morgan fingerprint density at radius 3 is 1.68 bits per heavy atom. The minimum atomic E-state index is 0.715. The molecule has 0 radical (unpaired) electrons. The zero-order valence-corrected chi connectivity index (χ0v) is 14.1. The van der Waals surface area contributed by atoms with Crippen molar-refractivity contribution in [3.05, 3.63) is 95.7 Å². The van der Waals surface area contributed by atoms with Gasteiger partial charge in [-0.2, -0.15) is 4.73 Å². The Morgan fingerprint density at radius 1 is 0.640 bits per heavy atom. The molecule has 0 amide bonds. The van der Waals surface area contributed by atoms with Gasteiger partial charge in [-0.05, 0) is 42.1 Å². The van der Waals surface area contributed by atoms with Gasteiger partial charge in [0.05, 0.1) is 5.39 Å². The molecule has 3 aromatic carbocycles. The third-order valence-electron chi connectivity index (χ3n) is 4.65. The van der Waals surface area contributed by atoms with Crippen LogP contribution in [0.3, 0.4) is 0 Å². The number of fused-ring (bicyclic) bond motifs is 1. The zero-order valence-electron chi connectivity index (χ0n) is 14.1. The average molecular weight is 325 g/mol. The summed E-state index contributed by atoms with van der Waals surface area (Å²) in [5.41, 5.74) is 4.45.